The van der Waals surface area contributed by atoms with Gasteiger partial charge in [0.2, 0.25) is 29.5 Å². The first kappa shape index (κ1) is 66.7. The fourth-order valence-electron chi connectivity index (χ4n) is 6.99. The van der Waals surface area contributed by atoms with Gasteiger partial charge in [-0.1, -0.05) is 96.8 Å². The highest BCUT2D eigenvalue weighted by Gasteiger charge is 2.26. The van der Waals surface area contributed by atoms with Crippen LogP contribution in [0.5, 0.6) is 0 Å². The number of aliphatic carboxylic acids is 4. The fraction of sp³-hybridized carbons (Fsp3) is 0.796. The molecule has 0 aromatic heterocycles. The molecule has 23 heteroatoms. The van der Waals surface area contributed by atoms with E-state index in [1.54, 1.807) is 6.92 Å². The van der Waals surface area contributed by atoms with E-state index in [4.69, 9.17) is 24.1 Å². The number of carbonyl (C=O) groups excluding carboxylic acids is 6. The maximum atomic E-state index is 12.6. The number of amides is 5. The number of unbranched alkanes of at least 4 members (excludes halogenated alkanes) is 15. The first-order valence-electron chi connectivity index (χ1n) is 25.7. The summed E-state index contributed by atoms with van der Waals surface area (Å²) >= 11 is 0. The molecule has 0 bridgehead atoms. The summed E-state index contributed by atoms with van der Waals surface area (Å²) in [5.74, 6) is -7.99. The second-order valence-corrected chi connectivity index (χ2v) is 17.5. The molecule has 0 aliphatic rings. The molecule has 0 saturated heterocycles. The third-order valence-electron chi connectivity index (χ3n) is 11.2. The van der Waals surface area contributed by atoms with Crippen LogP contribution in [0, 0.1) is 0 Å². The van der Waals surface area contributed by atoms with Crippen LogP contribution >= 0.6 is 0 Å². The molecule has 3 atom stereocenters. The fourth-order valence-corrected chi connectivity index (χ4v) is 6.99. The predicted molar refractivity (Wildman–Crippen MR) is 262 cm³/mol. The molecule has 9 N–H and O–H groups in total. The zero-order valence-electron chi connectivity index (χ0n) is 42.5. The second-order valence-electron chi connectivity index (χ2n) is 17.5. The van der Waals surface area contributed by atoms with Crippen molar-refractivity contribution in [3.8, 4) is 0 Å². The van der Waals surface area contributed by atoms with E-state index in [0.29, 0.717) is 12.8 Å². The van der Waals surface area contributed by atoms with Crippen LogP contribution in [0.3, 0.4) is 0 Å². The number of carboxylic acids is 4. The summed E-state index contributed by atoms with van der Waals surface area (Å²) in [6.45, 7) is 3.10. The lowest BCUT2D eigenvalue weighted by Gasteiger charge is -2.18. The molecular weight excluding hydrogens is 947 g/mol. The van der Waals surface area contributed by atoms with Gasteiger partial charge < -0.3 is 66.0 Å². The third kappa shape index (κ3) is 42.4. The number of ketones is 1. The Hall–Kier alpha value is -5.26. The minimum absolute atomic E-state index is 0.00400. The lowest BCUT2D eigenvalue weighted by Crippen LogP contribution is -2.45. The monoisotopic (exact) mass is 1030 g/mol. The summed E-state index contributed by atoms with van der Waals surface area (Å²) in [6, 6.07) is -4.41. The maximum Gasteiger partial charge on any atom is 0.326 e. The van der Waals surface area contributed by atoms with Gasteiger partial charge in [-0.25, -0.2) is 14.4 Å². The van der Waals surface area contributed by atoms with E-state index in [-0.39, 0.29) is 110 Å². The predicted octanol–water partition coefficient (Wildman–Crippen LogP) is 3.42. The molecule has 0 aromatic rings. The van der Waals surface area contributed by atoms with Gasteiger partial charge in [0.05, 0.1) is 39.6 Å². The van der Waals surface area contributed by atoms with Crippen LogP contribution in [0.15, 0.2) is 0 Å². The summed E-state index contributed by atoms with van der Waals surface area (Å²) in [4.78, 5) is 119. The Morgan fingerprint density at radius 3 is 1.06 bits per heavy atom. The Balaban J connectivity index is 4.20. The van der Waals surface area contributed by atoms with Crippen LogP contribution < -0.4 is 26.6 Å². The zero-order chi connectivity index (χ0) is 53.6. The van der Waals surface area contributed by atoms with E-state index in [1.807, 2.05) is 0 Å². The number of nitrogens with one attached hydrogen (secondary N) is 5. The van der Waals surface area contributed by atoms with Crippen molar-refractivity contribution in [2.75, 3.05) is 65.9 Å². The quantitative estimate of drug-likeness (QED) is 0.0394. The largest absolute Gasteiger partial charge is 0.481 e. The molecular formula is C49H85N5O18. The first-order chi connectivity index (χ1) is 34.5. The van der Waals surface area contributed by atoms with Crippen molar-refractivity contribution in [3.63, 3.8) is 0 Å². The molecule has 0 aliphatic carbocycles. The van der Waals surface area contributed by atoms with E-state index in [2.05, 4.69) is 26.6 Å². The summed E-state index contributed by atoms with van der Waals surface area (Å²) in [5, 5.41) is 49.6. The number of carbonyl (C=O) groups is 10. The van der Waals surface area contributed by atoms with E-state index in [0.717, 1.165) is 57.8 Å². The molecule has 0 aromatic carbocycles. The standard InChI is InChI=1S/C49H85N5O18/c1-2-37(55)35-71-33-31-70-30-28-51-45(60)36-72-34-32-69-29-27-50-41(56)24-21-38(47(63)64)53-43(58)26-23-40(49(67)68)54-44(59)25-22-39(48(65)66)52-42(57)19-17-15-13-11-9-7-5-3-4-6-8-10-12-14-16-18-20-46(61)62/h38-40H,2-36H2,1H3,(H,50,56)(H,51,60)(H,52,57)(H,53,58)(H,54,59)(H,61,62)(H,63,64)(H,65,66)(H,67,68)/t38-,39-,40-/m0/s1. The van der Waals surface area contributed by atoms with Crippen LogP contribution in [0.4, 0.5) is 0 Å². The van der Waals surface area contributed by atoms with Crippen LogP contribution in [0.25, 0.3) is 0 Å². The van der Waals surface area contributed by atoms with Crippen molar-refractivity contribution < 1.29 is 87.3 Å². The summed E-state index contributed by atoms with van der Waals surface area (Å²) in [7, 11) is 0. The van der Waals surface area contributed by atoms with Gasteiger partial charge in [-0.3, -0.25) is 33.6 Å². The molecule has 0 saturated carbocycles. The molecule has 23 nitrogen and oxygen atoms in total. The van der Waals surface area contributed by atoms with Gasteiger partial charge in [0, 0.05) is 51.6 Å². The van der Waals surface area contributed by atoms with Crippen molar-refractivity contribution in [1.29, 1.82) is 0 Å². The maximum absolute atomic E-state index is 12.6. The average Bonchev–Trinajstić information content (AvgIpc) is 3.33. The molecule has 0 aliphatic heterocycles. The van der Waals surface area contributed by atoms with Gasteiger partial charge in [0.1, 0.15) is 31.3 Å². The Labute approximate surface area is 423 Å². The van der Waals surface area contributed by atoms with E-state index >= 15 is 0 Å². The van der Waals surface area contributed by atoms with Crippen molar-refractivity contribution in [3.05, 3.63) is 0 Å². The molecule has 414 valence electrons. The Morgan fingerprint density at radius 2 is 0.681 bits per heavy atom. The van der Waals surface area contributed by atoms with Crippen molar-refractivity contribution in [1.82, 2.24) is 26.6 Å². The third-order valence-corrected chi connectivity index (χ3v) is 11.2. The first-order valence-corrected chi connectivity index (χ1v) is 25.7. The summed E-state index contributed by atoms with van der Waals surface area (Å²) in [6.07, 6.45) is 15.5. The van der Waals surface area contributed by atoms with Gasteiger partial charge in [-0.2, -0.15) is 0 Å². The summed E-state index contributed by atoms with van der Waals surface area (Å²) < 4.78 is 21.0. The van der Waals surface area contributed by atoms with E-state index < -0.39 is 84.9 Å². The van der Waals surface area contributed by atoms with Crippen molar-refractivity contribution in [2.45, 2.75) is 186 Å². The normalized spacial score (nSPS) is 12.2. The van der Waals surface area contributed by atoms with Gasteiger partial charge in [-0.15, -0.1) is 0 Å². The topological polar surface area (TPSA) is 349 Å². The SMILES string of the molecule is CCC(=O)COCCOCCNC(=O)COCCOCCNC(=O)CC[C@H](NC(=O)CC[C@H](NC(=O)CC[C@H](NC(=O)CCCCCCCCCCCCCCCCCCC(=O)O)C(=O)O)C(=O)O)C(=O)O. The highest BCUT2D eigenvalue weighted by molar-refractivity contribution is 5.87. The van der Waals surface area contributed by atoms with Crippen molar-refractivity contribution >= 4 is 59.2 Å². The smallest absolute Gasteiger partial charge is 0.326 e. The van der Waals surface area contributed by atoms with Gasteiger partial charge in [0.15, 0.2) is 5.78 Å². The second kappa shape index (κ2) is 45.6. The van der Waals surface area contributed by atoms with E-state index in [1.165, 1.54) is 38.5 Å². The number of carboxylic acid groups (broad SMARTS) is 4. The Bertz CT molecular complexity index is 1580. The van der Waals surface area contributed by atoms with Crippen LogP contribution in [-0.4, -0.2) is 164 Å². The van der Waals surface area contributed by atoms with Crippen LogP contribution in [0.2, 0.25) is 0 Å². The molecule has 72 heavy (non-hydrogen) atoms. The molecule has 0 fully saturated rings. The van der Waals surface area contributed by atoms with Gasteiger partial charge in [0.25, 0.3) is 0 Å². The number of ether oxygens (including phenoxy) is 4. The van der Waals surface area contributed by atoms with Crippen LogP contribution in [0.1, 0.15) is 167 Å². The Morgan fingerprint density at radius 1 is 0.361 bits per heavy atom. The minimum atomic E-state index is -1.56. The van der Waals surface area contributed by atoms with Crippen molar-refractivity contribution in [2.24, 2.45) is 0 Å². The average molecular weight is 1030 g/mol. The highest BCUT2D eigenvalue weighted by atomic mass is 16.5. The lowest BCUT2D eigenvalue weighted by molar-refractivity contribution is -0.144. The number of hydrogen-bond acceptors (Lipinski definition) is 14. The lowest BCUT2D eigenvalue weighted by atomic mass is 10.0. The molecule has 0 heterocycles. The van der Waals surface area contributed by atoms with Crippen LogP contribution in [-0.2, 0) is 66.9 Å². The highest BCUT2D eigenvalue weighted by Crippen LogP contribution is 2.15. The molecule has 0 unspecified atom stereocenters. The Kier molecular flexibility index (Phi) is 42.3. The number of hydrogen-bond donors (Lipinski definition) is 9. The molecule has 0 spiro atoms. The number of rotatable bonds is 51. The van der Waals surface area contributed by atoms with E-state index in [9.17, 15) is 63.3 Å². The molecule has 5 amide bonds. The minimum Gasteiger partial charge on any atom is -0.481 e. The number of Topliss-reactive ketones (excluding diaryl/α,β-unsaturated/α-hetero) is 1. The molecule has 0 radical (unpaired) electrons. The molecule has 0 rings (SSSR count). The zero-order valence-corrected chi connectivity index (χ0v) is 42.5. The van der Waals surface area contributed by atoms with Gasteiger partial charge in [-0.05, 0) is 32.1 Å². The summed E-state index contributed by atoms with van der Waals surface area (Å²) in [5.41, 5.74) is 0. The van der Waals surface area contributed by atoms with Gasteiger partial charge >= 0.3 is 23.9 Å².